The fourth-order valence-electron chi connectivity index (χ4n) is 4.69. The second-order valence-corrected chi connectivity index (χ2v) is 7.81. The monoisotopic (exact) mass is 424 g/mol. The van der Waals surface area contributed by atoms with Crippen LogP contribution in [-0.2, 0) is 16.0 Å². The van der Waals surface area contributed by atoms with Gasteiger partial charge in [0.25, 0.3) is 0 Å². The van der Waals surface area contributed by atoms with Crippen LogP contribution in [-0.4, -0.2) is 57.1 Å². The predicted octanol–water partition coefficient (Wildman–Crippen LogP) is 1.22. The van der Waals surface area contributed by atoms with E-state index in [1.165, 1.54) is 13.2 Å². The van der Waals surface area contributed by atoms with E-state index in [1.807, 2.05) is 0 Å². The van der Waals surface area contributed by atoms with Crippen molar-refractivity contribution < 1.29 is 39.5 Å². The van der Waals surface area contributed by atoms with Gasteiger partial charge in [-0.1, -0.05) is 18.7 Å². The van der Waals surface area contributed by atoms with Crippen molar-refractivity contribution in [2.24, 2.45) is 11.8 Å². The molecule has 0 bridgehead atoms. The van der Waals surface area contributed by atoms with Crippen LogP contribution in [0, 0.1) is 11.8 Å². The molecule has 3 atom stereocenters. The Morgan fingerprint density at radius 2 is 1.87 bits per heavy atom. The summed E-state index contributed by atoms with van der Waals surface area (Å²) in [6.07, 6.45) is 3.85. The highest BCUT2D eigenvalue weighted by Crippen LogP contribution is 2.52. The number of ether oxygens (including phenoxy) is 1. The number of aromatic hydroxyl groups is 2. The molecule has 160 valence electrons. The summed E-state index contributed by atoms with van der Waals surface area (Å²) >= 11 is 0. The fraction of sp³-hybridized carbons (Fsp3) is 0.304. The quantitative estimate of drug-likeness (QED) is 0.419. The Morgan fingerprint density at radius 1 is 1.19 bits per heavy atom. The molecule has 8 nitrogen and oxygen atoms in total. The summed E-state index contributed by atoms with van der Waals surface area (Å²) in [7, 11) is 1.37. The minimum absolute atomic E-state index is 0.00411. The van der Waals surface area contributed by atoms with E-state index >= 15 is 0 Å². The number of Topliss-reactive ketones (excluding diaryl/α,β-unsaturated/α-hetero) is 3. The minimum atomic E-state index is -2.08. The first-order valence-corrected chi connectivity index (χ1v) is 9.57. The standard InChI is InChI=1S/C23H20O8/c1-3-10-7-23(30,14(25)9-24)8-12-15(10)21(28)18-17(20(12)27)19(26)11-5-4-6-13(31-2)16(11)22(18)29/h4-6,11,16,24,27-28,30H,1,7-9H2,2H3/t11?,16?,23-/m1/s1. The lowest BCUT2D eigenvalue weighted by atomic mass is 9.67. The molecule has 0 spiro atoms. The van der Waals surface area contributed by atoms with Crippen LogP contribution in [0.25, 0.3) is 5.57 Å². The molecule has 0 amide bonds. The first-order chi connectivity index (χ1) is 14.7. The number of methoxy groups -OCH3 is 1. The van der Waals surface area contributed by atoms with Crippen molar-refractivity contribution >= 4 is 22.9 Å². The van der Waals surface area contributed by atoms with Crippen molar-refractivity contribution in [1.82, 2.24) is 0 Å². The Bertz CT molecular complexity index is 1160. The smallest absolute Gasteiger partial charge is 0.190 e. The Hall–Kier alpha value is -3.45. The molecule has 0 fully saturated rings. The molecule has 8 heteroatoms. The molecule has 31 heavy (non-hydrogen) atoms. The van der Waals surface area contributed by atoms with Crippen LogP contribution >= 0.6 is 0 Å². The molecule has 3 aliphatic rings. The molecule has 0 aliphatic heterocycles. The van der Waals surface area contributed by atoms with E-state index in [9.17, 15) is 34.8 Å². The van der Waals surface area contributed by atoms with E-state index in [2.05, 4.69) is 12.3 Å². The molecule has 0 radical (unpaired) electrons. The molecule has 0 heterocycles. The summed E-state index contributed by atoms with van der Waals surface area (Å²) in [5.74, 6) is -4.88. The number of hydrogen-bond donors (Lipinski definition) is 4. The number of phenolic OH excluding ortho intramolecular Hbond substituents is 2. The molecule has 1 aromatic rings. The third-order valence-electron chi connectivity index (χ3n) is 6.22. The highest BCUT2D eigenvalue weighted by Gasteiger charge is 2.50. The number of rotatable bonds is 3. The van der Waals surface area contributed by atoms with Gasteiger partial charge in [-0.15, -0.1) is 5.73 Å². The predicted molar refractivity (Wildman–Crippen MR) is 108 cm³/mol. The topological polar surface area (TPSA) is 141 Å². The number of allylic oxidation sites excluding steroid dienone is 4. The van der Waals surface area contributed by atoms with Gasteiger partial charge in [0.15, 0.2) is 17.3 Å². The van der Waals surface area contributed by atoms with Crippen LogP contribution in [0.15, 0.2) is 36.3 Å². The molecule has 2 unspecified atom stereocenters. The summed E-state index contributed by atoms with van der Waals surface area (Å²) in [6, 6.07) is 0. The van der Waals surface area contributed by atoms with Crippen LogP contribution in [0.5, 0.6) is 11.5 Å². The Labute approximate surface area is 177 Å². The van der Waals surface area contributed by atoms with E-state index in [0.717, 1.165) is 0 Å². The van der Waals surface area contributed by atoms with Crippen LogP contribution in [0.1, 0.15) is 38.3 Å². The van der Waals surface area contributed by atoms with Gasteiger partial charge in [0.2, 0.25) is 0 Å². The lowest BCUT2D eigenvalue weighted by molar-refractivity contribution is -0.140. The summed E-state index contributed by atoms with van der Waals surface area (Å²) in [6.45, 7) is 2.57. The van der Waals surface area contributed by atoms with Crippen LogP contribution in [0.3, 0.4) is 0 Å². The van der Waals surface area contributed by atoms with Crippen LogP contribution in [0.4, 0.5) is 0 Å². The van der Waals surface area contributed by atoms with Gasteiger partial charge in [-0.25, -0.2) is 0 Å². The van der Waals surface area contributed by atoms with Crippen molar-refractivity contribution in [3.63, 3.8) is 0 Å². The zero-order valence-electron chi connectivity index (χ0n) is 16.6. The maximum Gasteiger partial charge on any atom is 0.190 e. The highest BCUT2D eigenvalue weighted by atomic mass is 16.5. The number of ketones is 3. The van der Waals surface area contributed by atoms with E-state index in [0.29, 0.717) is 0 Å². The van der Waals surface area contributed by atoms with Gasteiger partial charge in [-0.2, -0.15) is 0 Å². The van der Waals surface area contributed by atoms with E-state index in [1.54, 1.807) is 12.2 Å². The number of carbonyl (C=O) groups excluding carboxylic acids is 3. The van der Waals surface area contributed by atoms with Gasteiger partial charge in [-0.3, -0.25) is 14.4 Å². The zero-order chi connectivity index (χ0) is 22.7. The summed E-state index contributed by atoms with van der Waals surface area (Å²) < 4.78 is 5.26. The van der Waals surface area contributed by atoms with Crippen molar-refractivity contribution in [1.29, 1.82) is 0 Å². The maximum atomic E-state index is 13.3. The van der Waals surface area contributed by atoms with Crippen LogP contribution < -0.4 is 0 Å². The molecule has 1 aromatic carbocycles. The Morgan fingerprint density at radius 3 is 2.48 bits per heavy atom. The number of benzene rings is 1. The lowest BCUT2D eigenvalue weighted by Gasteiger charge is -2.37. The summed E-state index contributed by atoms with van der Waals surface area (Å²) in [5.41, 5.74) is -0.269. The van der Waals surface area contributed by atoms with E-state index in [4.69, 9.17) is 4.74 Å². The molecular weight excluding hydrogens is 404 g/mol. The number of aliphatic hydroxyl groups excluding tert-OH is 1. The Balaban J connectivity index is 2.01. The van der Waals surface area contributed by atoms with E-state index in [-0.39, 0.29) is 40.0 Å². The van der Waals surface area contributed by atoms with Gasteiger partial charge in [-0.05, 0) is 6.08 Å². The van der Waals surface area contributed by atoms with Gasteiger partial charge in [0.05, 0.1) is 30.1 Å². The SMILES string of the molecule is C=C=C1C[C@](O)(C(=O)CO)Cc2c(O)c3c(c(O)c21)C(=O)C1C(OC)=CC=CC1C3=O. The number of carbonyl (C=O) groups is 3. The molecule has 0 aromatic heterocycles. The average Bonchev–Trinajstić information content (AvgIpc) is 2.77. The number of fused-ring (bicyclic) bond motifs is 3. The second-order valence-electron chi connectivity index (χ2n) is 7.81. The molecule has 0 saturated carbocycles. The fourth-order valence-corrected chi connectivity index (χ4v) is 4.69. The average molecular weight is 424 g/mol. The lowest BCUT2D eigenvalue weighted by Crippen LogP contribution is -2.45. The van der Waals surface area contributed by atoms with Crippen molar-refractivity contribution in [3.05, 3.63) is 58.6 Å². The van der Waals surface area contributed by atoms with E-state index < -0.39 is 59.3 Å². The zero-order valence-corrected chi connectivity index (χ0v) is 16.6. The van der Waals surface area contributed by atoms with Crippen LogP contribution in [0.2, 0.25) is 0 Å². The maximum absolute atomic E-state index is 13.3. The molecule has 4 N–H and O–H groups in total. The highest BCUT2D eigenvalue weighted by molar-refractivity contribution is 6.21. The van der Waals surface area contributed by atoms with Crippen molar-refractivity contribution in [2.45, 2.75) is 18.4 Å². The van der Waals surface area contributed by atoms with Gasteiger partial charge >= 0.3 is 0 Å². The Kier molecular flexibility index (Phi) is 4.74. The first-order valence-electron chi connectivity index (χ1n) is 9.57. The van der Waals surface area contributed by atoms with Gasteiger partial charge in [0.1, 0.15) is 29.5 Å². The summed E-state index contributed by atoms with van der Waals surface area (Å²) in [5, 5.41) is 42.1. The third kappa shape index (κ3) is 2.73. The number of phenols is 2. The molecule has 4 rings (SSSR count). The normalized spacial score (nSPS) is 26.4. The molecular formula is C23H20O8. The largest absolute Gasteiger partial charge is 0.507 e. The number of hydrogen-bond acceptors (Lipinski definition) is 8. The van der Waals surface area contributed by atoms with Crippen molar-refractivity contribution in [3.8, 4) is 11.5 Å². The van der Waals surface area contributed by atoms with Gasteiger partial charge < -0.3 is 25.2 Å². The molecule has 3 aliphatic carbocycles. The number of aliphatic hydroxyl groups is 2. The first kappa shape index (κ1) is 20.8. The second kappa shape index (κ2) is 7.06. The minimum Gasteiger partial charge on any atom is -0.507 e. The molecule has 0 saturated heterocycles. The summed E-state index contributed by atoms with van der Waals surface area (Å²) in [4.78, 5) is 38.8. The third-order valence-corrected chi connectivity index (χ3v) is 6.22. The van der Waals surface area contributed by atoms with Crippen molar-refractivity contribution in [2.75, 3.05) is 13.7 Å². The van der Waals surface area contributed by atoms with Gasteiger partial charge in [0, 0.05) is 29.5 Å².